The molecule has 0 saturated heterocycles. The van der Waals surface area contributed by atoms with Crippen LogP contribution < -0.4 is 0 Å². The molecule has 0 aliphatic rings. The summed E-state index contributed by atoms with van der Waals surface area (Å²) in [5, 5.41) is 13.2. The van der Waals surface area contributed by atoms with Crippen molar-refractivity contribution in [3.63, 3.8) is 0 Å². The molecule has 0 aromatic carbocycles. The first-order chi connectivity index (χ1) is 7.34. The maximum absolute atomic E-state index is 10.1. The topological polar surface area (TPSA) is 42.4 Å². The summed E-state index contributed by atoms with van der Waals surface area (Å²) in [4.78, 5) is 4.35. The first-order valence-electron chi connectivity index (χ1n) is 5.46. The molecule has 4 heteroatoms. The molecule has 1 aromatic heterocycles. The summed E-state index contributed by atoms with van der Waals surface area (Å²) in [5.74, 6) is 0. The molecule has 3 nitrogen and oxygen atoms in total. The van der Waals surface area contributed by atoms with Crippen LogP contribution in [-0.4, -0.2) is 29.4 Å². The molecule has 2 atom stereocenters. The lowest BCUT2D eigenvalue weighted by Gasteiger charge is -2.32. The third-order valence-electron chi connectivity index (χ3n) is 2.54. The SMILES string of the molecule is COC(C(O)Cc1csc(C)n1)C(C)(C)C. The van der Waals surface area contributed by atoms with Crippen LogP contribution in [-0.2, 0) is 11.2 Å². The van der Waals surface area contributed by atoms with Gasteiger partial charge in [0.25, 0.3) is 0 Å². The number of hydrogen-bond donors (Lipinski definition) is 1. The second-order valence-corrected chi connectivity index (χ2v) is 6.21. The van der Waals surface area contributed by atoms with Gasteiger partial charge < -0.3 is 9.84 Å². The second kappa shape index (κ2) is 5.25. The normalized spacial score (nSPS) is 16.1. The van der Waals surface area contributed by atoms with E-state index in [2.05, 4.69) is 25.8 Å². The summed E-state index contributed by atoms with van der Waals surface area (Å²) in [7, 11) is 1.64. The van der Waals surface area contributed by atoms with Crippen LogP contribution in [0.15, 0.2) is 5.38 Å². The number of aromatic nitrogens is 1. The second-order valence-electron chi connectivity index (χ2n) is 5.15. The smallest absolute Gasteiger partial charge is 0.0897 e. The van der Waals surface area contributed by atoms with Crippen molar-refractivity contribution in [3.8, 4) is 0 Å². The average Bonchev–Trinajstić information content (AvgIpc) is 2.49. The van der Waals surface area contributed by atoms with Crippen molar-refractivity contribution in [1.82, 2.24) is 4.98 Å². The van der Waals surface area contributed by atoms with E-state index in [0.717, 1.165) is 10.7 Å². The van der Waals surface area contributed by atoms with Gasteiger partial charge in [0.15, 0.2) is 0 Å². The quantitative estimate of drug-likeness (QED) is 0.883. The van der Waals surface area contributed by atoms with Crippen LogP contribution in [0.5, 0.6) is 0 Å². The van der Waals surface area contributed by atoms with Gasteiger partial charge in [-0.3, -0.25) is 0 Å². The number of ether oxygens (including phenoxy) is 1. The fourth-order valence-corrected chi connectivity index (χ4v) is 2.54. The van der Waals surface area contributed by atoms with E-state index in [9.17, 15) is 5.11 Å². The lowest BCUT2D eigenvalue weighted by atomic mass is 9.84. The first kappa shape index (κ1) is 13.6. The highest BCUT2D eigenvalue weighted by Crippen LogP contribution is 2.26. The Kier molecular flexibility index (Phi) is 4.47. The van der Waals surface area contributed by atoms with Crippen LogP contribution in [0.1, 0.15) is 31.5 Å². The molecule has 1 aromatic rings. The minimum Gasteiger partial charge on any atom is -0.390 e. The predicted octanol–water partition coefficient (Wildman–Crippen LogP) is 2.42. The molecule has 0 radical (unpaired) electrons. The van der Waals surface area contributed by atoms with Gasteiger partial charge in [-0.1, -0.05) is 20.8 Å². The fraction of sp³-hybridized carbons (Fsp3) is 0.750. The summed E-state index contributed by atoms with van der Waals surface area (Å²) in [5.41, 5.74) is 0.875. The van der Waals surface area contributed by atoms with Gasteiger partial charge >= 0.3 is 0 Å². The molecule has 1 rings (SSSR count). The number of thiazole rings is 1. The molecule has 16 heavy (non-hydrogen) atoms. The molecule has 0 amide bonds. The van der Waals surface area contributed by atoms with E-state index in [-0.39, 0.29) is 11.5 Å². The van der Waals surface area contributed by atoms with Crippen LogP contribution >= 0.6 is 11.3 Å². The van der Waals surface area contributed by atoms with Crippen LogP contribution in [0.25, 0.3) is 0 Å². The van der Waals surface area contributed by atoms with E-state index >= 15 is 0 Å². The summed E-state index contributed by atoms with van der Waals surface area (Å²) < 4.78 is 5.38. The van der Waals surface area contributed by atoms with Crippen molar-refractivity contribution in [2.24, 2.45) is 5.41 Å². The van der Waals surface area contributed by atoms with Crippen LogP contribution in [0.3, 0.4) is 0 Å². The Balaban J connectivity index is 2.66. The van der Waals surface area contributed by atoms with Crippen LogP contribution in [0, 0.1) is 12.3 Å². The zero-order valence-corrected chi connectivity index (χ0v) is 11.5. The number of aliphatic hydroxyl groups is 1. The largest absolute Gasteiger partial charge is 0.390 e. The van der Waals surface area contributed by atoms with E-state index in [0.29, 0.717) is 6.42 Å². The monoisotopic (exact) mass is 243 g/mol. The number of rotatable bonds is 4. The van der Waals surface area contributed by atoms with Gasteiger partial charge in [0.2, 0.25) is 0 Å². The van der Waals surface area contributed by atoms with E-state index in [4.69, 9.17) is 4.74 Å². The predicted molar refractivity (Wildman–Crippen MR) is 66.8 cm³/mol. The molecular formula is C12H21NO2S. The summed E-state index contributed by atoms with van der Waals surface area (Å²) in [6.07, 6.45) is -0.124. The Morgan fingerprint density at radius 1 is 1.50 bits per heavy atom. The Hall–Kier alpha value is -0.450. The Labute approximate surface area is 101 Å². The van der Waals surface area contributed by atoms with Gasteiger partial charge in [-0.05, 0) is 12.3 Å². The number of hydrogen-bond acceptors (Lipinski definition) is 4. The minimum absolute atomic E-state index is 0.0702. The number of aryl methyl sites for hydroxylation is 1. The van der Waals surface area contributed by atoms with Crippen molar-refractivity contribution in [3.05, 3.63) is 16.1 Å². The first-order valence-corrected chi connectivity index (χ1v) is 6.34. The maximum Gasteiger partial charge on any atom is 0.0897 e. The summed E-state index contributed by atoms with van der Waals surface area (Å²) >= 11 is 1.61. The number of aliphatic hydroxyl groups excluding tert-OH is 1. The molecule has 0 aliphatic heterocycles. The lowest BCUT2D eigenvalue weighted by Crippen LogP contribution is -2.40. The Morgan fingerprint density at radius 2 is 2.12 bits per heavy atom. The highest BCUT2D eigenvalue weighted by molar-refractivity contribution is 7.09. The van der Waals surface area contributed by atoms with Gasteiger partial charge in [-0.2, -0.15) is 0 Å². The van der Waals surface area contributed by atoms with Gasteiger partial charge in [-0.15, -0.1) is 11.3 Å². The molecular weight excluding hydrogens is 222 g/mol. The van der Waals surface area contributed by atoms with Crippen molar-refractivity contribution in [2.45, 2.75) is 46.3 Å². The third kappa shape index (κ3) is 3.54. The highest BCUT2D eigenvalue weighted by Gasteiger charge is 2.31. The molecule has 0 saturated carbocycles. The molecule has 1 N–H and O–H groups in total. The van der Waals surface area contributed by atoms with Crippen molar-refractivity contribution in [1.29, 1.82) is 0 Å². The van der Waals surface area contributed by atoms with E-state index in [1.54, 1.807) is 18.4 Å². The fourth-order valence-electron chi connectivity index (χ4n) is 1.91. The minimum atomic E-state index is -0.508. The molecule has 0 fully saturated rings. The average molecular weight is 243 g/mol. The van der Waals surface area contributed by atoms with Gasteiger partial charge in [0.1, 0.15) is 0 Å². The van der Waals surface area contributed by atoms with E-state index < -0.39 is 6.10 Å². The third-order valence-corrected chi connectivity index (χ3v) is 3.36. The van der Waals surface area contributed by atoms with Gasteiger partial charge in [0, 0.05) is 18.9 Å². The Bertz CT molecular complexity index is 330. The molecule has 2 unspecified atom stereocenters. The summed E-state index contributed by atoms with van der Waals surface area (Å²) in [6, 6.07) is 0. The van der Waals surface area contributed by atoms with E-state index in [1.807, 2.05) is 12.3 Å². The zero-order chi connectivity index (χ0) is 12.3. The van der Waals surface area contributed by atoms with Crippen LogP contribution in [0.4, 0.5) is 0 Å². The molecule has 0 spiro atoms. The highest BCUT2D eigenvalue weighted by atomic mass is 32.1. The van der Waals surface area contributed by atoms with E-state index in [1.165, 1.54) is 0 Å². The number of methoxy groups -OCH3 is 1. The van der Waals surface area contributed by atoms with Crippen LogP contribution in [0.2, 0.25) is 0 Å². The standard InChI is InChI=1S/C12H21NO2S/c1-8-13-9(7-16-8)6-10(14)11(15-5)12(2,3)4/h7,10-11,14H,6H2,1-5H3. The van der Waals surface area contributed by atoms with Gasteiger partial charge in [0.05, 0.1) is 22.9 Å². The van der Waals surface area contributed by atoms with Crippen molar-refractivity contribution in [2.75, 3.05) is 7.11 Å². The van der Waals surface area contributed by atoms with Gasteiger partial charge in [-0.25, -0.2) is 4.98 Å². The molecule has 1 heterocycles. The van der Waals surface area contributed by atoms with Crippen molar-refractivity contribution >= 4 is 11.3 Å². The number of nitrogens with zero attached hydrogens (tertiary/aromatic N) is 1. The molecule has 0 aliphatic carbocycles. The maximum atomic E-state index is 10.1. The lowest BCUT2D eigenvalue weighted by molar-refractivity contribution is -0.0701. The summed E-state index contributed by atoms with van der Waals surface area (Å²) in [6.45, 7) is 8.17. The zero-order valence-electron chi connectivity index (χ0n) is 10.7. The Morgan fingerprint density at radius 3 is 2.50 bits per heavy atom. The van der Waals surface area contributed by atoms with Crippen molar-refractivity contribution < 1.29 is 9.84 Å². The molecule has 92 valence electrons. The molecule has 0 bridgehead atoms.